The van der Waals surface area contributed by atoms with Gasteiger partial charge in [-0.1, -0.05) is 12.8 Å². The van der Waals surface area contributed by atoms with Crippen LogP contribution in [0.15, 0.2) is 29.2 Å². The average Bonchev–Trinajstić information content (AvgIpc) is 2.47. The zero-order valence-corrected chi connectivity index (χ0v) is 12.2. The highest BCUT2D eigenvalue weighted by Gasteiger charge is 2.25. The molecule has 1 aromatic carbocycles. The van der Waals surface area contributed by atoms with Gasteiger partial charge in [0.05, 0.1) is 5.75 Å². The van der Waals surface area contributed by atoms with Crippen LogP contribution in [0.25, 0.3) is 0 Å². The summed E-state index contributed by atoms with van der Waals surface area (Å²) >= 11 is 1.39. The molecular weight excluding hydrogens is 277 g/mol. The normalized spacial score (nSPS) is 22.5. The molecule has 2 rings (SSSR count). The molecule has 0 aromatic heterocycles. The summed E-state index contributed by atoms with van der Waals surface area (Å²) in [5, 5.41) is 12.3. The lowest BCUT2D eigenvalue weighted by molar-refractivity contribution is -0.120. The molecule has 0 bridgehead atoms. The molecule has 1 fully saturated rings. The number of amides is 1. The van der Waals surface area contributed by atoms with Gasteiger partial charge >= 0.3 is 0 Å². The van der Waals surface area contributed by atoms with Gasteiger partial charge in [-0.25, -0.2) is 4.39 Å². The minimum Gasteiger partial charge on any atom is -0.396 e. The Morgan fingerprint density at radius 3 is 2.70 bits per heavy atom. The van der Waals surface area contributed by atoms with Crippen molar-refractivity contribution in [2.45, 2.75) is 36.6 Å². The van der Waals surface area contributed by atoms with Gasteiger partial charge in [-0.15, -0.1) is 11.8 Å². The van der Waals surface area contributed by atoms with Gasteiger partial charge in [0.2, 0.25) is 5.91 Å². The number of carbonyl (C=O) groups excluding carboxylic acids is 1. The maximum Gasteiger partial charge on any atom is 0.230 e. The first-order valence-electron chi connectivity index (χ1n) is 6.97. The molecular formula is C15H20FNO2S. The zero-order valence-electron chi connectivity index (χ0n) is 11.3. The van der Waals surface area contributed by atoms with Crippen molar-refractivity contribution in [1.82, 2.24) is 5.32 Å². The average molecular weight is 297 g/mol. The first kappa shape index (κ1) is 15.3. The van der Waals surface area contributed by atoms with Crippen LogP contribution in [0, 0.1) is 11.7 Å². The highest BCUT2D eigenvalue weighted by molar-refractivity contribution is 8.00. The minimum atomic E-state index is -0.271. The zero-order chi connectivity index (χ0) is 14.4. The fourth-order valence-electron chi connectivity index (χ4n) is 2.54. The number of aliphatic hydroxyl groups is 1. The van der Waals surface area contributed by atoms with Crippen molar-refractivity contribution < 1.29 is 14.3 Å². The van der Waals surface area contributed by atoms with E-state index in [2.05, 4.69) is 5.32 Å². The first-order chi connectivity index (χ1) is 9.69. The summed E-state index contributed by atoms with van der Waals surface area (Å²) in [5.74, 6) is 0.209. The highest BCUT2D eigenvalue weighted by atomic mass is 32.2. The summed E-state index contributed by atoms with van der Waals surface area (Å²) in [4.78, 5) is 12.8. The number of benzene rings is 1. The molecule has 0 aliphatic heterocycles. The van der Waals surface area contributed by atoms with Crippen molar-refractivity contribution in [2.75, 3.05) is 12.4 Å². The van der Waals surface area contributed by atoms with Gasteiger partial charge in [0, 0.05) is 23.5 Å². The second kappa shape index (κ2) is 7.64. The van der Waals surface area contributed by atoms with E-state index in [9.17, 15) is 14.3 Å². The molecule has 1 aliphatic carbocycles. The standard InChI is InChI=1S/C15H20FNO2S/c16-12-5-7-13(8-6-12)20-10-15(19)17-14-4-2-1-3-11(14)9-18/h5-8,11,14,18H,1-4,9-10H2,(H,17,19). The van der Waals surface area contributed by atoms with Gasteiger partial charge in [-0.05, 0) is 37.1 Å². The molecule has 1 aromatic rings. The SMILES string of the molecule is O=C(CSc1ccc(F)cc1)NC1CCCCC1CO. The van der Waals surface area contributed by atoms with Crippen molar-refractivity contribution in [3.05, 3.63) is 30.1 Å². The number of thioether (sulfide) groups is 1. The second-order valence-corrected chi connectivity index (χ2v) is 6.19. The molecule has 20 heavy (non-hydrogen) atoms. The van der Waals surface area contributed by atoms with Crippen LogP contribution in [0.3, 0.4) is 0 Å². The number of rotatable bonds is 5. The number of aliphatic hydroxyl groups excluding tert-OH is 1. The van der Waals surface area contributed by atoms with Gasteiger partial charge in [0.25, 0.3) is 0 Å². The third-order valence-corrected chi connectivity index (χ3v) is 4.69. The highest BCUT2D eigenvalue weighted by Crippen LogP contribution is 2.24. The third kappa shape index (κ3) is 4.49. The van der Waals surface area contributed by atoms with Crippen LogP contribution in [-0.2, 0) is 4.79 Å². The Kier molecular flexibility index (Phi) is 5.86. The first-order valence-corrected chi connectivity index (χ1v) is 7.96. The summed E-state index contributed by atoms with van der Waals surface area (Å²) in [6.45, 7) is 0.135. The molecule has 0 radical (unpaired) electrons. The quantitative estimate of drug-likeness (QED) is 0.821. The van der Waals surface area contributed by atoms with E-state index < -0.39 is 0 Å². The van der Waals surface area contributed by atoms with E-state index in [-0.39, 0.29) is 30.3 Å². The number of halogens is 1. The summed E-state index contributed by atoms with van der Waals surface area (Å²) in [7, 11) is 0. The molecule has 2 N–H and O–H groups in total. The molecule has 110 valence electrons. The van der Waals surface area contributed by atoms with Gasteiger partial charge in [-0.2, -0.15) is 0 Å². The van der Waals surface area contributed by atoms with Gasteiger partial charge in [-0.3, -0.25) is 4.79 Å². The van der Waals surface area contributed by atoms with Crippen LogP contribution >= 0.6 is 11.8 Å². The number of carbonyl (C=O) groups is 1. The lowest BCUT2D eigenvalue weighted by atomic mass is 9.85. The molecule has 1 saturated carbocycles. The predicted octanol–water partition coefficient (Wildman–Crippen LogP) is 2.59. The topological polar surface area (TPSA) is 49.3 Å². The van der Waals surface area contributed by atoms with Crippen molar-refractivity contribution >= 4 is 17.7 Å². The van der Waals surface area contributed by atoms with E-state index in [0.29, 0.717) is 5.75 Å². The Balaban J connectivity index is 1.78. The molecule has 0 spiro atoms. The fourth-order valence-corrected chi connectivity index (χ4v) is 3.25. The number of hydrogen-bond acceptors (Lipinski definition) is 3. The minimum absolute atomic E-state index is 0.0234. The van der Waals surface area contributed by atoms with E-state index in [4.69, 9.17) is 0 Å². The van der Waals surface area contributed by atoms with E-state index in [1.54, 1.807) is 12.1 Å². The third-order valence-electron chi connectivity index (χ3n) is 3.67. The van der Waals surface area contributed by atoms with Crippen molar-refractivity contribution in [1.29, 1.82) is 0 Å². The van der Waals surface area contributed by atoms with Crippen molar-refractivity contribution in [3.63, 3.8) is 0 Å². The van der Waals surface area contributed by atoms with Crippen LogP contribution in [0.5, 0.6) is 0 Å². The smallest absolute Gasteiger partial charge is 0.230 e. The summed E-state index contributed by atoms with van der Waals surface area (Å²) in [6.07, 6.45) is 4.15. The summed E-state index contributed by atoms with van der Waals surface area (Å²) in [6, 6.07) is 6.22. The number of nitrogens with one attached hydrogen (secondary N) is 1. The number of hydrogen-bond donors (Lipinski definition) is 2. The summed E-state index contributed by atoms with van der Waals surface area (Å²) in [5.41, 5.74) is 0. The Morgan fingerprint density at radius 1 is 1.30 bits per heavy atom. The lowest BCUT2D eigenvalue weighted by Gasteiger charge is -2.30. The fraction of sp³-hybridized carbons (Fsp3) is 0.533. The molecule has 1 aliphatic rings. The molecule has 3 nitrogen and oxygen atoms in total. The Hall–Kier alpha value is -1.07. The van der Waals surface area contributed by atoms with Crippen LogP contribution < -0.4 is 5.32 Å². The molecule has 0 heterocycles. The molecule has 2 unspecified atom stereocenters. The van der Waals surface area contributed by atoms with Gasteiger partial charge in [0.1, 0.15) is 5.82 Å². The van der Waals surface area contributed by atoms with E-state index in [0.717, 1.165) is 30.6 Å². The summed E-state index contributed by atoms with van der Waals surface area (Å²) < 4.78 is 12.8. The maximum absolute atomic E-state index is 12.8. The van der Waals surface area contributed by atoms with Crippen molar-refractivity contribution in [2.24, 2.45) is 5.92 Å². The van der Waals surface area contributed by atoms with Crippen molar-refractivity contribution in [3.8, 4) is 0 Å². The van der Waals surface area contributed by atoms with E-state index >= 15 is 0 Å². The Morgan fingerprint density at radius 2 is 2.00 bits per heavy atom. The monoisotopic (exact) mass is 297 g/mol. The predicted molar refractivity (Wildman–Crippen MR) is 78.1 cm³/mol. The molecule has 5 heteroatoms. The van der Waals surface area contributed by atoms with Crippen LogP contribution in [-0.4, -0.2) is 29.4 Å². The second-order valence-electron chi connectivity index (χ2n) is 5.14. The lowest BCUT2D eigenvalue weighted by Crippen LogP contribution is -2.44. The van der Waals surface area contributed by atoms with E-state index in [1.165, 1.54) is 23.9 Å². The van der Waals surface area contributed by atoms with Crippen LogP contribution in [0.1, 0.15) is 25.7 Å². The molecule has 0 saturated heterocycles. The Bertz CT molecular complexity index is 438. The van der Waals surface area contributed by atoms with E-state index in [1.807, 2.05) is 0 Å². The van der Waals surface area contributed by atoms with Crippen LogP contribution in [0.4, 0.5) is 4.39 Å². The van der Waals surface area contributed by atoms with Gasteiger partial charge in [0.15, 0.2) is 0 Å². The molecule has 1 amide bonds. The van der Waals surface area contributed by atoms with Gasteiger partial charge < -0.3 is 10.4 Å². The maximum atomic E-state index is 12.8. The van der Waals surface area contributed by atoms with Crippen LogP contribution in [0.2, 0.25) is 0 Å². The molecule has 2 atom stereocenters. The Labute approximate surface area is 123 Å². The largest absolute Gasteiger partial charge is 0.396 e.